The first-order valence-electron chi connectivity index (χ1n) is 5.27. The van der Waals surface area contributed by atoms with Crippen LogP contribution in [0.4, 0.5) is 4.39 Å². The second kappa shape index (κ2) is 6.95. The number of benzene rings is 1. The number of carbonyl (C=O) groups is 1. The Morgan fingerprint density at radius 1 is 1.50 bits per heavy atom. The molecule has 0 saturated heterocycles. The number of esters is 1. The van der Waals surface area contributed by atoms with Gasteiger partial charge in [0.25, 0.3) is 0 Å². The number of hydrogen-bond acceptors (Lipinski definition) is 3. The van der Waals surface area contributed by atoms with Crippen LogP contribution in [-0.4, -0.2) is 19.1 Å². The zero-order valence-electron chi connectivity index (χ0n) is 9.33. The van der Waals surface area contributed by atoms with Gasteiger partial charge in [-0.3, -0.25) is 4.79 Å². The van der Waals surface area contributed by atoms with Crippen LogP contribution in [0.2, 0.25) is 0 Å². The Morgan fingerprint density at radius 2 is 2.31 bits per heavy atom. The highest BCUT2D eigenvalue weighted by molar-refractivity contribution is 5.65. The summed E-state index contributed by atoms with van der Waals surface area (Å²) in [5, 5.41) is 3.14. The smallest absolute Gasteiger partial charge is 0.302 e. The maximum atomic E-state index is 12.8. The van der Waals surface area contributed by atoms with Gasteiger partial charge in [-0.2, -0.15) is 0 Å². The highest BCUT2D eigenvalue weighted by Gasteiger charge is 1.95. The van der Waals surface area contributed by atoms with E-state index in [1.807, 2.05) is 6.07 Å². The van der Waals surface area contributed by atoms with Crippen LogP contribution >= 0.6 is 0 Å². The summed E-state index contributed by atoms with van der Waals surface area (Å²) in [6, 6.07) is 6.47. The molecule has 88 valence electrons. The number of hydrogen-bond donors (Lipinski definition) is 1. The summed E-state index contributed by atoms with van der Waals surface area (Å²) < 4.78 is 17.6. The van der Waals surface area contributed by atoms with Crippen LogP contribution in [-0.2, 0) is 16.1 Å². The zero-order chi connectivity index (χ0) is 11.8. The van der Waals surface area contributed by atoms with E-state index >= 15 is 0 Å². The first kappa shape index (κ1) is 12.6. The van der Waals surface area contributed by atoms with Crippen molar-refractivity contribution in [2.75, 3.05) is 13.2 Å². The quantitative estimate of drug-likeness (QED) is 0.593. The minimum absolute atomic E-state index is 0.223. The molecule has 0 amide bonds. The summed E-state index contributed by atoms with van der Waals surface area (Å²) >= 11 is 0. The van der Waals surface area contributed by atoms with Crippen molar-refractivity contribution >= 4 is 5.97 Å². The van der Waals surface area contributed by atoms with Gasteiger partial charge in [0.2, 0.25) is 0 Å². The van der Waals surface area contributed by atoms with Gasteiger partial charge < -0.3 is 10.1 Å². The first-order valence-corrected chi connectivity index (χ1v) is 5.27. The molecule has 0 aliphatic heterocycles. The SMILES string of the molecule is CC(=O)OCCCNCc1cccc(F)c1. The van der Waals surface area contributed by atoms with Crippen molar-refractivity contribution in [3.8, 4) is 0 Å². The number of nitrogens with one attached hydrogen (secondary N) is 1. The van der Waals surface area contributed by atoms with Gasteiger partial charge in [-0.15, -0.1) is 0 Å². The molecule has 1 aromatic rings. The van der Waals surface area contributed by atoms with Crippen LogP contribution < -0.4 is 5.32 Å². The summed E-state index contributed by atoms with van der Waals surface area (Å²) in [5.41, 5.74) is 0.910. The number of halogens is 1. The summed E-state index contributed by atoms with van der Waals surface area (Å²) in [5.74, 6) is -0.482. The minimum Gasteiger partial charge on any atom is -0.466 e. The highest BCUT2D eigenvalue weighted by atomic mass is 19.1. The van der Waals surface area contributed by atoms with Crippen LogP contribution in [0.5, 0.6) is 0 Å². The summed E-state index contributed by atoms with van der Waals surface area (Å²) in [4.78, 5) is 10.5. The van der Waals surface area contributed by atoms with Crippen LogP contribution in [0, 0.1) is 5.82 Å². The van der Waals surface area contributed by atoms with Crippen LogP contribution in [0.25, 0.3) is 0 Å². The number of ether oxygens (including phenoxy) is 1. The molecule has 0 aliphatic carbocycles. The fourth-order valence-corrected chi connectivity index (χ4v) is 1.29. The fraction of sp³-hybridized carbons (Fsp3) is 0.417. The molecule has 0 aromatic heterocycles. The van der Waals surface area contributed by atoms with E-state index in [4.69, 9.17) is 4.74 Å². The molecule has 0 bridgehead atoms. The fourth-order valence-electron chi connectivity index (χ4n) is 1.29. The molecule has 1 N–H and O–H groups in total. The lowest BCUT2D eigenvalue weighted by atomic mass is 10.2. The van der Waals surface area contributed by atoms with E-state index in [1.165, 1.54) is 19.1 Å². The summed E-state index contributed by atoms with van der Waals surface area (Å²) in [6.45, 7) is 3.17. The minimum atomic E-state index is -0.259. The van der Waals surface area contributed by atoms with Crippen LogP contribution in [0.1, 0.15) is 18.9 Å². The van der Waals surface area contributed by atoms with Gasteiger partial charge in [-0.1, -0.05) is 12.1 Å². The second-order valence-corrected chi connectivity index (χ2v) is 3.50. The van der Waals surface area contributed by atoms with Gasteiger partial charge in [0.15, 0.2) is 0 Å². The Bertz CT molecular complexity index is 342. The third-order valence-electron chi connectivity index (χ3n) is 2.02. The Hall–Kier alpha value is -1.42. The molecule has 0 radical (unpaired) electrons. The molecule has 0 fully saturated rings. The molecule has 1 rings (SSSR count). The topological polar surface area (TPSA) is 38.3 Å². The van der Waals surface area contributed by atoms with Gasteiger partial charge in [-0.25, -0.2) is 4.39 Å². The average molecular weight is 225 g/mol. The molecule has 16 heavy (non-hydrogen) atoms. The van der Waals surface area contributed by atoms with Crippen molar-refractivity contribution < 1.29 is 13.9 Å². The molecule has 4 heteroatoms. The maximum Gasteiger partial charge on any atom is 0.302 e. The molecular formula is C12H16FNO2. The van der Waals surface area contributed by atoms with E-state index in [2.05, 4.69) is 5.32 Å². The normalized spacial score (nSPS) is 10.1. The van der Waals surface area contributed by atoms with Crippen LogP contribution in [0.15, 0.2) is 24.3 Å². The van der Waals surface area contributed by atoms with E-state index in [0.717, 1.165) is 18.5 Å². The largest absolute Gasteiger partial charge is 0.466 e. The van der Waals surface area contributed by atoms with E-state index in [1.54, 1.807) is 6.07 Å². The molecule has 0 saturated carbocycles. The van der Waals surface area contributed by atoms with Crippen LogP contribution in [0.3, 0.4) is 0 Å². The summed E-state index contributed by atoms with van der Waals surface area (Å²) in [7, 11) is 0. The predicted molar refractivity (Wildman–Crippen MR) is 59.4 cm³/mol. The lowest BCUT2D eigenvalue weighted by Crippen LogP contribution is -2.17. The predicted octanol–water partition coefficient (Wildman–Crippen LogP) is 1.87. The van der Waals surface area contributed by atoms with E-state index in [0.29, 0.717) is 13.2 Å². The maximum absolute atomic E-state index is 12.8. The Morgan fingerprint density at radius 3 is 3.00 bits per heavy atom. The third-order valence-corrected chi connectivity index (χ3v) is 2.02. The van der Waals surface area contributed by atoms with Crippen molar-refractivity contribution in [3.63, 3.8) is 0 Å². The molecule has 3 nitrogen and oxygen atoms in total. The first-order chi connectivity index (χ1) is 7.68. The van der Waals surface area contributed by atoms with Crippen molar-refractivity contribution in [2.45, 2.75) is 19.9 Å². The van der Waals surface area contributed by atoms with Gasteiger partial charge in [0.05, 0.1) is 6.61 Å². The Balaban J connectivity index is 2.09. The van der Waals surface area contributed by atoms with E-state index in [-0.39, 0.29) is 11.8 Å². The second-order valence-electron chi connectivity index (χ2n) is 3.50. The van der Waals surface area contributed by atoms with Crippen molar-refractivity contribution in [1.82, 2.24) is 5.32 Å². The Labute approximate surface area is 94.6 Å². The molecule has 0 spiro atoms. The van der Waals surface area contributed by atoms with Crippen molar-refractivity contribution in [3.05, 3.63) is 35.6 Å². The standard InChI is InChI=1S/C12H16FNO2/c1-10(15)16-7-3-6-14-9-11-4-2-5-12(13)8-11/h2,4-5,8,14H,3,6-7,9H2,1H3. The van der Waals surface area contributed by atoms with Gasteiger partial charge in [0.1, 0.15) is 5.82 Å². The number of rotatable bonds is 6. The summed E-state index contributed by atoms with van der Waals surface area (Å²) in [6.07, 6.45) is 0.759. The molecule has 0 unspecified atom stereocenters. The monoisotopic (exact) mass is 225 g/mol. The molecular weight excluding hydrogens is 209 g/mol. The molecule has 0 atom stereocenters. The lowest BCUT2D eigenvalue weighted by Gasteiger charge is -2.05. The van der Waals surface area contributed by atoms with Gasteiger partial charge in [0, 0.05) is 13.5 Å². The molecule has 0 heterocycles. The Kier molecular flexibility index (Phi) is 5.50. The average Bonchev–Trinajstić information content (AvgIpc) is 2.23. The molecule has 1 aromatic carbocycles. The van der Waals surface area contributed by atoms with E-state index < -0.39 is 0 Å². The highest BCUT2D eigenvalue weighted by Crippen LogP contribution is 2.02. The number of carbonyl (C=O) groups excluding carboxylic acids is 1. The van der Waals surface area contributed by atoms with Gasteiger partial charge in [-0.05, 0) is 30.7 Å². The van der Waals surface area contributed by atoms with Crippen molar-refractivity contribution in [1.29, 1.82) is 0 Å². The van der Waals surface area contributed by atoms with Crippen molar-refractivity contribution in [2.24, 2.45) is 0 Å². The van der Waals surface area contributed by atoms with Gasteiger partial charge >= 0.3 is 5.97 Å². The zero-order valence-corrected chi connectivity index (χ0v) is 9.33. The van der Waals surface area contributed by atoms with E-state index in [9.17, 15) is 9.18 Å². The molecule has 0 aliphatic rings. The third kappa shape index (κ3) is 5.46. The lowest BCUT2D eigenvalue weighted by molar-refractivity contribution is -0.141.